The molecule has 1 unspecified atom stereocenters. The van der Waals surface area contributed by atoms with Crippen LogP contribution in [0, 0.1) is 11.7 Å². The molecule has 10 heteroatoms. The number of rotatable bonds is 10. The van der Waals surface area contributed by atoms with Gasteiger partial charge in [-0.3, -0.25) is 4.79 Å². The van der Waals surface area contributed by atoms with E-state index in [4.69, 9.17) is 5.11 Å². The number of hydrogen-bond acceptors (Lipinski definition) is 6. The Labute approximate surface area is 192 Å². The van der Waals surface area contributed by atoms with Crippen molar-refractivity contribution in [2.24, 2.45) is 5.92 Å². The molecule has 0 bridgehead atoms. The van der Waals surface area contributed by atoms with E-state index in [1.807, 2.05) is 0 Å². The number of carbonyl (C=O) groups excluding carboxylic acids is 1. The van der Waals surface area contributed by atoms with E-state index in [1.165, 1.54) is 12.1 Å². The Morgan fingerprint density at radius 2 is 1.88 bits per heavy atom. The fourth-order valence-corrected chi connectivity index (χ4v) is 4.03. The second-order valence-electron chi connectivity index (χ2n) is 8.41. The predicted molar refractivity (Wildman–Crippen MR) is 121 cm³/mol. The van der Waals surface area contributed by atoms with E-state index in [-0.39, 0.29) is 23.7 Å². The maximum Gasteiger partial charge on any atom is 0.404 e. The summed E-state index contributed by atoms with van der Waals surface area (Å²) < 4.78 is 13.5. The molecule has 1 saturated carbocycles. The van der Waals surface area contributed by atoms with E-state index in [0.717, 1.165) is 32.2 Å². The Balaban J connectivity index is 1.64. The van der Waals surface area contributed by atoms with E-state index in [0.29, 0.717) is 36.5 Å². The fourth-order valence-electron chi connectivity index (χ4n) is 4.03. The summed E-state index contributed by atoms with van der Waals surface area (Å²) in [6, 6.07) is 5.24. The molecule has 1 fully saturated rings. The third-order valence-corrected chi connectivity index (χ3v) is 5.85. The standard InChI is InChI=1S/C23H31FN6O3/c1-2-3-12-25-22-26-14-19(29-30-22)21(16-6-8-17(24)9-7-16)28-20(31)13-15-4-10-18(11-5-15)27-23(32)33/h6-9,14-15,18,21,27H,2-5,10-13H2,1H3,(H,28,31)(H,32,33)(H,25,26,30). The van der Waals surface area contributed by atoms with Gasteiger partial charge in [-0.05, 0) is 55.7 Å². The molecule has 9 nitrogen and oxygen atoms in total. The Hall–Kier alpha value is -3.30. The number of hydrogen-bond donors (Lipinski definition) is 4. The van der Waals surface area contributed by atoms with Gasteiger partial charge in [0.25, 0.3) is 0 Å². The van der Waals surface area contributed by atoms with Crippen molar-refractivity contribution in [3.05, 3.63) is 47.5 Å². The lowest BCUT2D eigenvalue weighted by molar-refractivity contribution is -0.122. The molecule has 33 heavy (non-hydrogen) atoms. The van der Waals surface area contributed by atoms with E-state index < -0.39 is 12.1 Å². The second kappa shape index (κ2) is 12.1. The van der Waals surface area contributed by atoms with E-state index >= 15 is 0 Å². The van der Waals surface area contributed by atoms with Crippen molar-refractivity contribution in [2.75, 3.05) is 11.9 Å². The maximum atomic E-state index is 13.5. The first-order chi connectivity index (χ1) is 15.9. The smallest absolute Gasteiger partial charge is 0.404 e. The Kier molecular flexibility index (Phi) is 8.91. The van der Waals surface area contributed by atoms with Gasteiger partial charge in [-0.25, -0.2) is 14.2 Å². The Bertz CT molecular complexity index is 901. The van der Waals surface area contributed by atoms with Gasteiger partial charge in [0, 0.05) is 19.0 Å². The number of amides is 2. The minimum Gasteiger partial charge on any atom is -0.465 e. The molecule has 0 aliphatic heterocycles. The first-order valence-corrected chi connectivity index (χ1v) is 11.4. The minimum atomic E-state index is -1.01. The quantitative estimate of drug-likeness (QED) is 0.400. The molecule has 1 aliphatic carbocycles. The van der Waals surface area contributed by atoms with Crippen LogP contribution >= 0.6 is 0 Å². The summed E-state index contributed by atoms with van der Waals surface area (Å²) in [4.78, 5) is 28.0. The molecule has 0 radical (unpaired) electrons. The monoisotopic (exact) mass is 458 g/mol. The van der Waals surface area contributed by atoms with Crippen molar-refractivity contribution in [3.63, 3.8) is 0 Å². The lowest BCUT2D eigenvalue weighted by Gasteiger charge is -2.28. The number of nitrogens with zero attached hydrogens (tertiary/aromatic N) is 3. The average Bonchev–Trinajstić information content (AvgIpc) is 2.80. The number of nitrogens with one attached hydrogen (secondary N) is 3. The van der Waals surface area contributed by atoms with Crippen LogP contribution in [0.1, 0.15) is 69.2 Å². The number of aromatic nitrogens is 3. The lowest BCUT2D eigenvalue weighted by Crippen LogP contribution is -2.38. The Morgan fingerprint density at radius 1 is 1.15 bits per heavy atom. The van der Waals surface area contributed by atoms with Crippen LogP contribution in [0.3, 0.4) is 0 Å². The van der Waals surface area contributed by atoms with Crippen LogP contribution in [0.2, 0.25) is 0 Å². The average molecular weight is 459 g/mol. The van der Waals surface area contributed by atoms with Gasteiger partial charge in [-0.2, -0.15) is 0 Å². The third-order valence-electron chi connectivity index (χ3n) is 5.85. The molecule has 4 N–H and O–H groups in total. The molecule has 3 rings (SSSR count). The number of benzene rings is 1. The summed E-state index contributed by atoms with van der Waals surface area (Å²) in [7, 11) is 0. The first kappa shape index (κ1) is 24.3. The van der Waals surface area contributed by atoms with Crippen LogP contribution in [0.15, 0.2) is 30.5 Å². The second-order valence-corrected chi connectivity index (χ2v) is 8.41. The third kappa shape index (κ3) is 7.65. The van der Waals surface area contributed by atoms with Crippen molar-refractivity contribution in [1.29, 1.82) is 0 Å². The van der Waals surface area contributed by atoms with Crippen LogP contribution in [0.25, 0.3) is 0 Å². The zero-order valence-electron chi connectivity index (χ0n) is 18.8. The maximum absolute atomic E-state index is 13.5. The summed E-state index contributed by atoms with van der Waals surface area (Å²) in [5, 5.41) is 25.8. The summed E-state index contributed by atoms with van der Waals surface area (Å²) in [5.41, 5.74) is 1.15. The van der Waals surface area contributed by atoms with Gasteiger partial charge in [0.05, 0.1) is 12.2 Å². The highest BCUT2D eigenvalue weighted by molar-refractivity contribution is 5.77. The van der Waals surface area contributed by atoms with Crippen LogP contribution in [-0.4, -0.2) is 44.9 Å². The predicted octanol–water partition coefficient (Wildman–Crippen LogP) is 3.64. The molecular weight excluding hydrogens is 427 g/mol. The van der Waals surface area contributed by atoms with Gasteiger partial charge in [0.15, 0.2) is 0 Å². The van der Waals surface area contributed by atoms with Gasteiger partial charge in [-0.1, -0.05) is 25.5 Å². The van der Waals surface area contributed by atoms with Crippen LogP contribution in [-0.2, 0) is 4.79 Å². The van der Waals surface area contributed by atoms with E-state index in [2.05, 4.69) is 38.1 Å². The van der Waals surface area contributed by atoms with Crippen LogP contribution < -0.4 is 16.0 Å². The van der Waals surface area contributed by atoms with Gasteiger partial charge >= 0.3 is 6.09 Å². The number of halogens is 1. The molecule has 2 aromatic rings. The van der Waals surface area contributed by atoms with Crippen molar-refractivity contribution >= 4 is 17.9 Å². The highest BCUT2D eigenvalue weighted by atomic mass is 19.1. The zero-order valence-corrected chi connectivity index (χ0v) is 18.8. The first-order valence-electron chi connectivity index (χ1n) is 11.4. The van der Waals surface area contributed by atoms with Crippen LogP contribution in [0.4, 0.5) is 15.1 Å². The molecule has 1 heterocycles. The summed E-state index contributed by atoms with van der Waals surface area (Å²) >= 11 is 0. The number of carboxylic acid groups (broad SMARTS) is 1. The minimum absolute atomic E-state index is 0.0560. The molecule has 1 aromatic heterocycles. The number of anilines is 1. The van der Waals surface area contributed by atoms with Crippen molar-refractivity contribution in [2.45, 2.75) is 64.0 Å². The highest BCUT2D eigenvalue weighted by Crippen LogP contribution is 2.28. The molecule has 1 aromatic carbocycles. The van der Waals surface area contributed by atoms with E-state index in [1.54, 1.807) is 18.3 Å². The molecule has 0 spiro atoms. The number of carbonyl (C=O) groups is 2. The van der Waals surface area contributed by atoms with Gasteiger partial charge < -0.3 is 21.1 Å². The van der Waals surface area contributed by atoms with Gasteiger partial charge in [0.2, 0.25) is 11.9 Å². The van der Waals surface area contributed by atoms with Crippen LogP contribution in [0.5, 0.6) is 0 Å². The molecule has 1 atom stereocenters. The molecule has 2 amide bonds. The number of unbranched alkanes of at least 4 members (excludes halogenated alkanes) is 1. The van der Waals surface area contributed by atoms with Crippen molar-refractivity contribution in [3.8, 4) is 0 Å². The van der Waals surface area contributed by atoms with Gasteiger partial charge in [0.1, 0.15) is 11.5 Å². The fraction of sp³-hybridized carbons (Fsp3) is 0.522. The van der Waals surface area contributed by atoms with Crippen molar-refractivity contribution < 1.29 is 19.1 Å². The van der Waals surface area contributed by atoms with Crippen molar-refractivity contribution in [1.82, 2.24) is 25.8 Å². The Morgan fingerprint density at radius 3 is 2.48 bits per heavy atom. The molecule has 0 saturated heterocycles. The summed E-state index contributed by atoms with van der Waals surface area (Å²) in [6.07, 6.45) is 5.91. The molecular formula is C23H31FN6O3. The normalized spacial score (nSPS) is 18.8. The van der Waals surface area contributed by atoms with Gasteiger partial charge in [-0.15, -0.1) is 10.2 Å². The molecule has 1 aliphatic rings. The lowest BCUT2D eigenvalue weighted by atomic mass is 9.84. The van der Waals surface area contributed by atoms with E-state index in [9.17, 15) is 14.0 Å². The highest BCUT2D eigenvalue weighted by Gasteiger charge is 2.26. The zero-order chi connectivity index (χ0) is 23.6. The molecule has 178 valence electrons. The summed E-state index contributed by atoms with van der Waals surface area (Å²) in [5.74, 6) is 0.0873. The summed E-state index contributed by atoms with van der Waals surface area (Å²) in [6.45, 7) is 2.85. The largest absolute Gasteiger partial charge is 0.465 e. The SMILES string of the molecule is CCCCNc1ncc(C(NC(=O)CC2CCC(NC(=O)O)CC2)c2ccc(F)cc2)nn1. The topological polar surface area (TPSA) is 129 Å².